The molecule has 6 heteroatoms. The predicted octanol–water partition coefficient (Wildman–Crippen LogP) is 1.38. The molecule has 2 N–H and O–H groups in total. The summed E-state index contributed by atoms with van der Waals surface area (Å²) in [6.07, 6.45) is 4.36. The highest BCUT2D eigenvalue weighted by Gasteiger charge is 2.21. The molecule has 0 bridgehead atoms. The van der Waals surface area contributed by atoms with Crippen LogP contribution in [0.2, 0.25) is 0 Å². The second-order valence-corrected chi connectivity index (χ2v) is 5.32. The molecule has 0 saturated carbocycles. The molecule has 1 aliphatic rings. The van der Waals surface area contributed by atoms with Gasteiger partial charge in [0.15, 0.2) is 0 Å². The standard InChI is InChI=1S/C15H21N3O3/c1-2-7-18-8-4-12(5-9-18)17-14(19)11-3-6-16-13(10-11)15(20)21/h3,6,10,12H,2,4-5,7-9H2,1H3,(H,17,19)(H,20,21). The van der Waals surface area contributed by atoms with Gasteiger partial charge in [0.25, 0.3) is 5.91 Å². The minimum atomic E-state index is -1.13. The third-order valence-corrected chi connectivity index (χ3v) is 3.70. The molecule has 1 fully saturated rings. The maximum atomic E-state index is 12.1. The van der Waals surface area contributed by atoms with Crippen LogP contribution in [0.3, 0.4) is 0 Å². The molecule has 0 spiro atoms. The Labute approximate surface area is 124 Å². The third-order valence-electron chi connectivity index (χ3n) is 3.70. The Morgan fingerprint density at radius 1 is 1.43 bits per heavy atom. The molecule has 1 amide bonds. The molecule has 1 aliphatic heterocycles. The maximum absolute atomic E-state index is 12.1. The minimum Gasteiger partial charge on any atom is -0.477 e. The van der Waals surface area contributed by atoms with Gasteiger partial charge in [-0.3, -0.25) is 4.79 Å². The Kier molecular flexibility index (Phi) is 5.27. The van der Waals surface area contributed by atoms with Gasteiger partial charge in [-0.2, -0.15) is 0 Å². The zero-order valence-electron chi connectivity index (χ0n) is 12.2. The smallest absolute Gasteiger partial charge is 0.354 e. The van der Waals surface area contributed by atoms with E-state index in [1.165, 1.54) is 18.3 Å². The van der Waals surface area contributed by atoms with Crippen molar-refractivity contribution in [1.82, 2.24) is 15.2 Å². The van der Waals surface area contributed by atoms with E-state index in [-0.39, 0.29) is 17.6 Å². The van der Waals surface area contributed by atoms with Crippen molar-refractivity contribution < 1.29 is 14.7 Å². The van der Waals surface area contributed by atoms with E-state index >= 15 is 0 Å². The number of nitrogens with one attached hydrogen (secondary N) is 1. The molecule has 21 heavy (non-hydrogen) atoms. The molecule has 2 rings (SSSR count). The monoisotopic (exact) mass is 291 g/mol. The highest BCUT2D eigenvalue weighted by molar-refractivity contribution is 5.96. The summed E-state index contributed by atoms with van der Waals surface area (Å²) in [6, 6.07) is 3.00. The Morgan fingerprint density at radius 2 is 2.14 bits per heavy atom. The number of likely N-dealkylation sites (tertiary alicyclic amines) is 1. The van der Waals surface area contributed by atoms with Crippen LogP contribution in [0.25, 0.3) is 0 Å². The Balaban J connectivity index is 1.90. The Morgan fingerprint density at radius 3 is 2.76 bits per heavy atom. The van der Waals surface area contributed by atoms with Crippen LogP contribution < -0.4 is 5.32 Å². The summed E-state index contributed by atoms with van der Waals surface area (Å²) in [4.78, 5) is 29.1. The number of carboxylic acid groups (broad SMARTS) is 1. The molecule has 0 atom stereocenters. The number of aromatic carboxylic acids is 1. The molecular formula is C15H21N3O3. The van der Waals surface area contributed by atoms with E-state index in [4.69, 9.17) is 5.11 Å². The van der Waals surface area contributed by atoms with Crippen LogP contribution in [0.1, 0.15) is 47.0 Å². The summed E-state index contributed by atoms with van der Waals surface area (Å²) in [5.74, 6) is -1.36. The quantitative estimate of drug-likeness (QED) is 0.856. The number of rotatable bonds is 5. The van der Waals surface area contributed by atoms with Crippen molar-refractivity contribution in [2.75, 3.05) is 19.6 Å². The number of aromatic nitrogens is 1. The molecule has 1 saturated heterocycles. The predicted molar refractivity (Wildman–Crippen MR) is 78.4 cm³/mol. The number of hydrogen-bond acceptors (Lipinski definition) is 4. The summed E-state index contributed by atoms with van der Waals surface area (Å²) < 4.78 is 0. The van der Waals surface area contributed by atoms with E-state index in [1.807, 2.05) is 0 Å². The number of amides is 1. The van der Waals surface area contributed by atoms with Crippen molar-refractivity contribution >= 4 is 11.9 Å². The van der Waals surface area contributed by atoms with Gasteiger partial charge in [-0.15, -0.1) is 0 Å². The van der Waals surface area contributed by atoms with Gasteiger partial charge in [0.05, 0.1) is 0 Å². The fraction of sp³-hybridized carbons (Fsp3) is 0.533. The molecule has 1 aromatic heterocycles. The first-order valence-electron chi connectivity index (χ1n) is 7.32. The first-order chi connectivity index (χ1) is 10.1. The molecule has 0 unspecified atom stereocenters. The van der Waals surface area contributed by atoms with Crippen molar-refractivity contribution in [1.29, 1.82) is 0 Å². The molecule has 0 radical (unpaired) electrons. The van der Waals surface area contributed by atoms with Gasteiger partial charge in [-0.05, 0) is 37.9 Å². The second-order valence-electron chi connectivity index (χ2n) is 5.32. The molecule has 1 aromatic rings. The number of pyridine rings is 1. The number of carbonyl (C=O) groups excluding carboxylic acids is 1. The number of carbonyl (C=O) groups is 2. The number of nitrogens with zero attached hydrogens (tertiary/aromatic N) is 2. The Hall–Kier alpha value is -1.95. The first-order valence-corrected chi connectivity index (χ1v) is 7.32. The lowest BCUT2D eigenvalue weighted by Crippen LogP contribution is -2.44. The molecule has 2 heterocycles. The van der Waals surface area contributed by atoms with Crippen LogP contribution >= 0.6 is 0 Å². The van der Waals surface area contributed by atoms with Crippen LogP contribution in [0.15, 0.2) is 18.3 Å². The van der Waals surface area contributed by atoms with Crippen LogP contribution in [0.4, 0.5) is 0 Å². The number of carboxylic acids is 1. The van der Waals surface area contributed by atoms with E-state index in [1.54, 1.807) is 0 Å². The Bertz CT molecular complexity index is 511. The first kappa shape index (κ1) is 15.4. The van der Waals surface area contributed by atoms with E-state index < -0.39 is 5.97 Å². The molecular weight excluding hydrogens is 270 g/mol. The van der Waals surface area contributed by atoms with Gasteiger partial charge < -0.3 is 15.3 Å². The van der Waals surface area contributed by atoms with Crippen molar-refractivity contribution in [2.24, 2.45) is 0 Å². The van der Waals surface area contributed by atoms with E-state index in [0.717, 1.165) is 38.9 Å². The highest BCUT2D eigenvalue weighted by atomic mass is 16.4. The average molecular weight is 291 g/mol. The molecule has 0 aromatic carbocycles. The zero-order valence-corrected chi connectivity index (χ0v) is 12.2. The number of piperidine rings is 1. The number of hydrogen-bond donors (Lipinski definition) is 2. The van der Waals surface area contributed by atoms with Gasteiger partial charge in [-0.25, -0.2) is 9.78 Å². The fourth-order valence-electron chi connectivity index (χ4n) is 2.57. The van der Waals surface area contributed by atoms with Crippen molar-refractivity contribution in [2.45, 2.75) is 32.2 Å². The van der Waals surface area contributed by atoms with Gasteiger partial charge in [0.2, 0.25) is 0 Å². The van der Waals surface area contributed by atoms with Gasteiger partial charge in [0, 0.05) is 30.9 Å². The molecule has 114 valence electrons. The lowest BCUT2D eigenvalue weighted by molar-refractivity contribution is 0.0690. The highest BCUT2D eigenvalue weighted by Crippen LogP contribution is 2.12. The lowest BCUT2D eigenvalue weighted by atomic mass is 10.0. The van der Waals surface area contributed by atoms with Crippen LogP contribution in [-0.4, -0.2) is 52.5 Å². The summed E-state index contributed by atoms with van der Waals surface area (Å²) >= 11 is 0. The topological polar surface area (TPSA) is 82.5 Å². The lowest BCUT2D eigenvalue weighted by Gasteiger charge is -2.32. The van der Waals surface area contributed by atoms with Crippen LogP contribution in [-0.2, 0) is 0 Å². The zero-order chi connectivity index (χ0) is 15.2. The fourth-order valence-corrected chi connectivity index (χ4v) is 2.57. The molecule has 0 aliphatic carbocycles. The van der Waals surface area contributed by atoms with E-state index in [9.17, 15) is 9.59 Å². The van der Waals surface area contributed by atoms with Gasteiger partial charge in [-0.1, -0.05) is 6.92 Å². The average Bonchev–Trinajstić information content (AvgIpc) is 2.49. The van der Waals surface area contributed by atoms with Crippen LogP contribution in [0, 0.1) is 0 Å². The van der Waals surface area contributed by atoms with Crippen LogP contribution in [0.5, 0.6) is 0 Å². The van der Waals surface area contributed by atoms with Gasteiger partial charge in [0.1, 0.15) is 5.69 Å². The van der Waals surface area contributed by atoms with Crippen molar-refractivity contribution in [3.63, 3.8) is 0 Å². The maximum Gasteiger partial charge on any atom is 0.354 e. The summed E-state index contributed by atoms with van der Waals surface area (Å²) in [5, 5.41) is 11.9. The van der Waals surface area contributed by atoms with Crippen molar-refractivity contribution in [3.05, 3.63) is 29.6 Å². The summed E-state index contributed by atoms with van der Waals surface area (Å²) in [6.45, 7) is 5.26. The largest absolute Gasteiger partial charge is 0.477 e. The van der Waals surface area contributed by atoms with E-state index in [0.29, 0.717) is 5.56 Å². The second kappa shape index (κ2) is 7.17. The van der Waals surface area contributed by atoms with Crippen molar-refractivity contribution in [3.8, 4) is 0 Å². The SMILES string of the molecule is CCCN1CCC(NC(=O)c2ccnc(C(=O)O)c2)CC1. The normalized spacial score (nSPS) is 16.6. The molecule has 6 nitrogen and oxygen atoms in total. The van der Waals surface area contributed by atoms with Gasteiger partial charge >= 0.3 is 5.97 Å². The summed E-state index contributed by atoms with van der Waals surface area (Å²) in [5.41, 5.74) is 0.235. The van der Waals surface area contributed by atoms with E-state index in [2.05, 4.69) is 22.1 Å². The summed E-state index contributed by atoms with van der Waals surface area (Å²) in [7, 11) is 0. The third kappa shape index (κ3) is 4.26. The minimum absolute atomic E-state index is 0.111.